The maximum Gasteiger partial charge on any atom is 0.157 e. The molecule has 0 fully saturated rings. The second-order valence-electron chi connectivity index (χ2n) is 6.49. The third kappa shape index (κ3) is 2.83. The summed E-state index contributed by atoms with van der Waals surface area (Å²) in [7, 11) is -2.88. The van der Waals surface area contributed by atoms with Gasteiger partial charge in [0.15, 0.2) is 9.84 Å². The molecule has 0 radical (unpaired) electrons. The van der Waals surface area contributed by atoms with E-state index in [4.69, 9.17) is 0 Å². The number of rotatable bonds is 0. The van der Waals surface area contributed by atoms with E-state index < -0.39 is 9.84 Å². The SMILES string of the molecule is CC(C)(C)C1=C(C(C)(C)C)CS(=O)(=O)C1. The van der Waals surface area contributed by atoms with Crippen molar-refractivity contribution in [2.45, 2.75) is 41.5 Å². The van der Waals surface area contributed by atoms with Crippen molar-refractivity contribution in [2.24, 2.45) is 10.8 Å². The molecule has 3 heteroatoms. The van der Waals surface area contributed by atoms with Gasteiger partial charge in [0.25, 0.3) is 0 Å². The molecule has 1 heterocycles. The molecule has 0 unspecified atom stereocenters. The van der Waals surface area contributed by atoms with Crippen molar-refractivity contribution >= 4 is 9.84 Å². The molecule has 88 valence electrons. The highest BCUT2D eigenvalue weighted by Crippen LogP contribution is 2.41. The first kappa shape index (κ1) is 12.8. The molecule has 0 N–H and O–H groups in total. The summed E-state index contributed by atoms with van der Waals surface area (Å²) >= 11 is 0. The molecule has 0 aromatic heterocycles. The van der Waals surface area contributed by atoms with E-state index in [1.165, 1.54) is 0 Å². The van der Waals surface area contributed by atoms with E-state index in [2.05, 4.69) is 41.5 Å². The summed E-state index contributed by atoms with van der Waals surface area (Å²) < 4.78 is 23.4. The highest BCUT2D eigenvalue weighted by Gasteiger charge is 2.38. The highest BCUT2D eigenvalue weighted by molar-refractivity contribution is 7.92. The fourth-order valence-corrected chi connectivity index (χ4v) is 4.20. The van der Waals surface area contributed by atoms with Gasteiger partial charge in [-0.2, -0.15) is 0 Å². The highest BCUT2D eigenvalue weighted by atomic mass is 32.2. The van der Waals surface area contributed by atoms with E-state index in [1.54, 1.807) is 0 Å². The lowest BCUT2D eigenvalue weighted by Crippen LogP contribution is -2.18. The molecule has 0 spiro atoms. The lowest BCUT2D eigenvalue weighted by atomic mass is 9.76. The molecule has 0 aliphatic carbocycles. The van der Waals surface area contributed by atoms with Crippen molar-refractivity contribution in [2.75, 3.05) is 11.5 Å². The Labute approximate surface area is 93.7 Å². The van der Waals surface area contributed by atoms with Crippen molar-refractivity contribution < 1.29 is 8.42 Å². The van der Waals surface area contributed by atoms with Crippen LogP contribution < -0.4 is 0 Å². The Bertz CT molecular complexity index is 354. The Morgan fingerprint density at radius 3 is 1.27 bits per heavy atom. The number of hydrogen-bond acceptors (Lipinski definition) is 2. The Morgan fingerprint density at radius 2 is 1.07 bits per heavy atom. The van der Waals surface area contributed by atoms with Crippen molar-refractivity contribution in [1.82, 2.24) is 0 Å². The van der Waals surface area contributed by atoms with Gasteiger partial charge in [-0.05, 0) is 22.0 Å². The van der Waals surface area contributed by atoms with Gasteiger partial charge in [-0.3, -0.25) is 0 Å². The zero-order valence-electron chi connectivity index (χ0n) is 10.6. The van der Waals surface area contributed by atoms with Gasteiger partial charge < -0.3 is 0 Å². The Balaban J connectivity index is 3.28. The zero-order chi connectivity index (χ0) is 12.1. The van der Waals surface area contributed by atoms with Crippen LogP contribution in [-0.4, -0.2) is 19.9 Å². The second-order valence-corrected chi connectivity index (χ2v) is 8.55. The summed E-state index contributed by atoms with van der Waals surface area (Å²) in [5.41, 5.74) is 2.17. The third-order valence-corrected chi connectivity index (χ3v) is 4.36. The first-order valence-corrected chi connectivity index (χ1v) is 7.19. The zero-order valence-corrected chi connectivity index (χ0v) is 11.5. The summed E-state index contributed by atoms with van der Waals surface area (Å²) in [6.45, 7) is 12.6. The van der Waals surface area contributed by atoms with Crippen LogP contribution in [0.4, 0.5) is 0 Å². The first-order valence-electron chi connectivity index (χ1n) is 5.37. The van der Waals surface area contributed by atoms with Gasteiger partial charge in [-0.25, -0.2) is 8.42 Å². The molecule has 1 aliphatic rings. The molecular formula is C12H22O2S. The summed E-state index contributed by atoms with van der Waals surface area (Å²) in [5, 5.41) is 0. The molecule has 0 amide bonds. The minimum atomic E-state index is -2.88. The molecular weight excluding hydrogens is 208 g/mol. The average Bonchev–Trinajstić information content (AvgIpc) is 2.23. The summed E-state index contributed by atoms with van der Waals surface area (Å²) in [6.07, 6.45) is 0. The lowest BCUT2D eigenvalue weighted by Gasteiger charge is -2.28. The quantitative estimate of drug-likeness (QED) is 0.600. The van der Waals surface area contributed by atoms with E-state index in [-0.39, 0.29) is 22.3 Å². The topological polar surface area (TPSA) is 34.1 Å². The van der Waals surface area contributed by atoms with E-state index in [0.717, 1.165) is 11.1 Å². The molecule has 0 saturated carbocycles. The van der Waals surface area contributed by atoms with Gasteiger partial charge in [0, 0.05) is 0 Å². The van der Waals surface area contributed by atoms with Crippen LogP contribution in [0.2, 0.25) is 0 Å². The minimum absolute atomic E-state index is 0.0355. The summed E-state index contributed by atoms with van der Waals surface area (Å²) in [4.78, 5) is 0. The predicted octanol–water partition coefficient (Wildman–Crippen LogP) is 2.80. The van der Waals surface area contributed by atoms with Crippen molar-refractivity contribution in [3.05, 3.63) is 11.1 Å². The van der Waals surface area contributed by atoms with E-state index in [9.17, 15) is 8.42 Å². The molecule has 2 nitrogen and oxygen atoms in total. The lowest BCUT2D eigenvalue weighted by molar-refractivity contribution is 0.452. The monoisotopic (exact) mass is 230 g/mol. The molecule has 0 saturated heterocycles. The minimum Gasteiger partial charge on any atom is -0.228 e. The van der Waals surface area contributed by atoms with E-state index in [1.807, 2.05) is 0 Å². The van der Waals surface area contributed by atoms with Crippen LogP contribution >= 0.6 is 0 Å². The molecule has 15 heavy (non-hydrogen) atoms. The van der Waals surface area contributed by atoms with Crippen LogP contribution in [0.25, 0.3) is 0 Å². The standard InChI is InChI=1S/C12H22O2S/c1-11(2,3)9-7-15(13,14)8-10(9)12(4,5)6/h7-8H2,1-6H3. The molecule has 0 bridgehead atoms. The van der Waals surface area contributed by atoms with Gasteiger partial charge in [-0.15, -0.1) is 0 Å². The van der Waals surface area contributed by atoms with Crippen LogP contribution in [0.15, 0.2) is 11.1 Å². The van der Waals surface area contributed by atoms with Crippen LogP contribution in [0.5, 0.6) is 0 Å². The Kier molecular flexibility index (Phi) is 2.84. The smallest absolute Gasteiger partial charge is 0.157 e. The van der Waals surface area contributed by atoms with Gasteiger partial charge >= 0.3 is 0 Å². The summed E-state index contributed by atoms with van der Waals surface area (Å²) in [6, 6.07) is 0. The Hall–Kier alpha value is -0.310. The van der Waals surface area contributed by atoms with Gasteiger partial charge in [0.1, 0.15) is 0 Å². The summed E-state index contributed by atoms with van der Waals surface area (Å²) in [5.74, 6) is 0.506. The van der Waals surface area contributed by atoms with Crippen molar-refractivity contribution in [3.63, 3.8) is 0 Å². The number of hydrogen-bond donors (Lipinski definition) is 0. The fourth-order valence-electron chi connectivity index (χ4n) is 2.00. The fraction of sp³-hybridized carbons (Fsp3) is 0.833. The molecule has 1 aliphatic heterocycles. The first-order chi connectivity index (χ1) is 6.43. The molecule has 1 rings (SSSR count). The van der Waals surface area contributed by atoms with Gasteiger partial charge in [-0.1, -0.05) is 41.5 Å². The molecule has 0 aromatic rings. The third-order valence-electron chi connectivity index (χ3n) is 2.90. The van der Waals surface area contributed by atoms with Crippen molar-refractivity contribution in [1.29, 1.82) is 0 Å². The van der Waals surface area contributed by atoms with E-state index >= 15 is 0 Å². The second kappa shape index (κ2) is 3.34. The number of sulfone groups is 1. The maximum absolute atomic E-state index is 11.7. The van der Waals surface area contributed by atoms with Crippen LogP contribution in [0.1, 0.15) is 41.5 Å². The van der Waals surface area contributed by atoms with Crippen LogP contribution in [0, 0.1) is 10.8 Å². The van der Waals surface area contributed by atoms with Gasteiger partial charge in [0.2, 0.25) is 0 Å². The predicted molar refractivity (Wildman–Crippen MR) is 64.6 cm³/mol. The largest absolute Gasteiger partial charge is 0.228 e. The van der Waals surface area contributed by atoms with Crippen molar-refractivity contribution in [3.8, 4) is 0 Å². The van der Waals surface area contributed by atoms with Gasteiger partial charge in [0.05, 0.1) is 11.5 Å². The normalized spacial score (nSPS) is 22.3. The molecule has 0 atom stereocenters. The molecule has 0 aromatic carbocycles. The Morgan fingerprint density at radius 1 is 0.800 bits per heavy atom. The van der Waals surface area contributed by atoms with Crippen LogP contribution in [-0.2, 0) is 9.84 Å². The maximum atomic E-state index is 11.7. The van der Waals surface area contributed by atoms with Crippen LogP contribution in [0.3, 0.4) is 0 Å². The average molecular weight is 230 g/mol. The van der Waals surface area contributed by atoms with E-state index in [0.29, 0.717) is 0 Å².